The largest absolute Gasteiger partial charge is 0.493 e. The Bertz CT molecular complexity index is 699. The Labute approximate surface area is 153 Å². The second-order valence-corrected chi connectivity index (χ2v) is 6.78. The van der Waals surface area contributed by atoms with Gasteiger partial charge in [-0.05, 0) is 48.8 Å². The molecule has 1 aromatic carbocycles. The van der Waals surface area contributed by atoms with Crippen molar-refractivity contribution in [2.24, 2.45) is 17.8 Å². The Kier molecular flexibility index (Phi) is 5.81. The number of allylic oxidation sites excluding steroid dienone is 2. The van der Waals surface area contributed by atoms with Crippen LogP contribution in [0.4, 0.5) is 0 Å². The highest BCUT2D eigenvalue weighted by Crippen LogP contribution is 2.43. The van der Waals surface area contributed by atoms with Gasteiger partial charge in [-0.25, -0.2) is 0 Å². The molecule has 26 heavy (non-hydrogen) atoms. The van der Waals surface area contributed by atoms with Crippen molar-refractivity contribution in [1.29, 1.82) is 0 Å². The van der Waals surface area contributed by atoms with Gasteiger partial charge < -0.3 is 19.5 Å². The lowest BCUT2D eigenvalue weighted by atomic mass is 9.94. The summed E-state index contributed by atoms with van der Waals surface area (Å²) in [5.41, 5.74) is 1.02. The first-order valence-corrected chi connectivity index (χ1v) is 8.93. The second kappa shape index (κ2) is 8.25. The van der Waals surface area contributed by atoms with Crippen LogP contribution in [0.2, 0.25) is 0 Å². The number of esters is 1. The molecule has 2 aliphatic carbocycles. The maximum absolute atomic E-state index is 12.1. The summed E-state index contributed by atoms with van der Waals surface area (Å²) < 4.78 is 15.7. The van der Waals surface area contributed by atoms with E-state index in [0.717, 1.165) is 18.4 Å². The number of carbonyl (C=O) groups is 2. The first kappa shape index (κ1) is 18.3. The SMILES string of the molecule is COc1ccc(CCNC(=O)COC(=O)C2CC3C=CC2C3)cc1OC. The topological polar surface area (TPSA) is 73.9 Å². The first-order valence-electron chi connectivity index (χ1n) is 8.93. The predicted octanol–water partition coefficient (Wildman–Crippen LogP) is 2.12. The number of ether oxygens (including phenoxy) is 3. The molecule has 0 radical (unpaired) electrons. The van der Waals surface area contributed by atoms with Crippen molar-refractivity contribution < 1.29 is 23.8 Å². The number of carbonyl (C=O) groups excluding carboxylic acids is 2. The second-order valence-electron chi connectivity index (χ2n) is 6.78. The molecule has 1 N–H and O–H groups in total. The lowest BCUT2D eigenvalue weighted by Gasteiger charge is -2.16. The van der Waals surface area contributed by atoms with Crippen LogP contribution in [-0.4, -0.2) is 39.2 Å². The van der Waals surface area contributed by atoms with Crippen molar-refractivity contribution in [2.75, 3.05) is 27.4 Å². The van der Waals surface area contributed by atoms with Gasteiger partial charge in [0.05, 0.1) is 20.1 Å². The van der Waals surface area contributed by atoms with Crippen molar-refractivity contribution >= 4 is 11.9 Å². The first-order chi connectivity index (χ1) is 12.6. The Morgan fingerprint density at radius 1 is 1.12 bits per heavy atom. The molecule has 3 unspecified atom stereocenters. The zero-order valence-electron chi connectivity index (χ0n) is 15.2. The van der Waals surface area contributed by atoms with Gasteiger partial charge in [-0.3, -0.25) is 9.59 Å². The Balaban J connectivity index is 1.38. The fourth-order valence-electron chi connectivity index (χ4n) is 3.73. The van der Waals surface area contributed by atoms with Gasteiger partial charge in [0.25, 0.3) is 5.91 Å². The third-order valence-electron chi connectivity index (χ3n) is 5.11. The van der Waals surface area contributed by atoms with E-state index in [0.29, 0.717) is 36.3 Å². The number of amides is 1. The van der Waals surface area contributed by atoms with Crippen LogP contribution in [0.15, 0.2) is 30.4 Å². The normalized spacial score (nSPS) is 22.9. The molecule has 0 aliphatic heterocycles. The molecule has 0 saturated heterocycles. The number of nitrogens with one attached hydrogen (secondary N) is 1. The van der Waals surface area contributed by atoms with Gasteiger partial charge in [-0.15, -0.1) is 0 Å². The smallest absolute Gasteiger partial charge is 0.310 e. The van der Waals surface area contributed by atoms with E-state index in [2.05, 4.69) is 17.5 Å². The zero-order valence-corrected chi connectivity index (χ0v) is 15.2. The summed E-state index contributed by atoms with van der Waals surface area (Å²) in [5, 5.41) is 2.77. The minimum absolute atomic E-state index is 0.0791. The van der Waals surface area contributed by atoms with Crippen LogP contribution in [0.25, 0.3) is 0 Å². The van der Waals surface area contributed by atoms with E-state index >= 15 is 0 Å². The van der Waals surface area contributed by atoms with E-state index in [1.54, 1.807) is 14.2 Å². The highest BCUT2D eigenvalue weighted by molar-refractivity contribution is 5.81. The summed E-state index contributed by atoms with van der Waals surface area (Å²) in [4.78, 5) is 24.0. The molecule has 1 aromatic rings. The molecule has 0 aromatic heterocycles. The molecule has 0 spiro atoms. The Hall–Kier alpha value is -2.50. The quantitative estimate of drug-likeness (QED) is 0.568. The van der Waals surface area contributed by atoms with Gasteiger partial charge >= 0.3 is 5.97 Å². The Morgan fingerprint density at radius 2 is 1.92 bits per heavy atom. The van der Waals surface area contributed by atoms with Crippen molar-refractivity contribution in [2.45, 2.75) is 19.3 Å². The molecular formula is C20H25NO5. The molecule has 2 bridgehead atoms. The lowest BCUT2D eigenvalue weighted by molar-refractivity contribution is -0.153. The molecule has 0 heterocycles. The number of rotatable bonds is 8. The highest BCUT2D eigenvalue weighted by atomic mass is 16.5. The molecule has 3 rings (SSSR count). The lowest BCUT2D eigenvalue weighted by Crippen LogP contribution is -2.32. The van der Waals surface area contributed by atoms with E-state index in [4.69, 9.17) is 14.2 Å². The number of fused-ring (bicyclic) bond motifs is 2. The highest BCUT2D eigenvalue weighted by Gasteiger charge is 2.40. The van der Waals surface area contributed by atoms with Crippen LogP contribution in [0.1, 0.15) is 18.4 Å². The predicted molar refractivity (Wildman–Crippen MR) is 96.1 cm³/mol. The van der Waals surface area contributed by atoms with Crippen molar-refractivity contribution in [3.05, 3.63) is 35.9 Å². The summed E-state index contributed by atoms with van der Waals surface area (Å²) in [7, 11) is 3.18. The maximum Gasteiger partial charge on any atom is 0.310 e. The monoisotopic (exact) mass is 359 g/mol. The molecule has 1 saturated carbocycles. The standard InChI is InChI=1S/C20H25NO5/c1-24-17-6-4-13(11-18(17)25-2)7-8-21-19(22)12-26-20(23)16-10-14-3-5-15(16)9-14/h3-6,11,14-16H,7-10,12H2,1-2H3,(H,21,22). The van der Waals surface area contributed by atoms with Crippen LogP contribution < -0.4 is 14.8 Å². The van der Waals surface area contributed by atoms with Crippen LogP contribution >= 0.6 is 0 Å². The van der Waals surface area contributed by atoms with Crippen LogP contribution in [0, 0.1) is 17.8 Å². The van der Waals surface area contributed by atoms with Crippen LogP contribution in [0.5, 0.6) is 11.5 Å². The average Bonchev–Trinajstić information content (AvgIpc) is 3.29. The maximum atomic E-state index is 12.1. The molecule has 2 aliphatic rings. The minimum atomic E-state index is -0.280. The molecule has 140 valence electrons. The fraction of sp³-hybridized carbons (Fsp3) is 0.500. The summed E-state index contributed by atoms with van der Waals surface area (Å²) >= 11 is 0. The average molecular weight is 359 g/mol. The summed E-state index contributed by atoms with van der Waals surface area (Å²) in [6.45, 7) is 0.241. The number of methoxy groups -OCH3 is 2. The molecule has 6 nitrogen and oxygen atoms in total. The Morgan fingerprint density at radius 3 is 2.58 bits per heavy atom. The van der Waals surface area contributed by atoms with Gasteiger partial charge in [0, 0.05) is 6.54 Å². The third kappa shape index (κ3) is 4.18. The molecular weight excluding hydrogens is 334 g/mol. The van der Waals surface area contributed by atoms with Crippen LogP contribution in [-0.2, 0) is 20.7 Å². The van der Waals surface area contributed by atoms with E-state index in [1.807, 2.05) is 18.2 Å². The van der Waals surface area contributed by atoms with Crippen molar-refractivity contribution in [3.63, 3.8) is 0 Å². The van der Waals surface area contributed by atoms with E-state index in [-0.39, 0.29) is 24.4 Å². The van der Waals surface area contributed by atoms with Gasteiger partial charge in [0.15, 0.2) is 18.1 Å². The van der Waals surface area contributed by atoms with Gasteiger partial charge in [0.2, 0.25) is 0 Å². The number of hydrogen-bond donors (Lipinski definition) is 1. The zero-order chi connectivity index (χ0) is 18.5. The summed E-state index contributed by atoms with van der Waals surface area (Å²) in [6.07, 6.45) is 6.81. The third-order valence-corrected chi connectivity index (χ3v) is 5.11. The fourth-order valence-corrected chi connectivity index (χ4v) is 3.73. The van der Waals surface area contributed by atoms with Crippen molar-refractivity contribution in [3.8, 4) is 11.5 Å². The molecule has 3 atom stereocenters. The van der Waals surface area contributed by atoms with E-state index < -0.39 is 0 Å². The van der Waals surface area contributed by atoms with Crippen molar-refractivity contribution in [1.82, 2.24) is 5.32 Å². The number of benzene rings is 1. The van der Waals surface area contributed by atoms with Gasteiger partial charge in [-0.2, -0.15) is 0 Å². The van der Waals surface area contributed by atoms with Crippen LogP contribution in [0.3, 0.4) is 0 Å². The molecule has 1 fully saturated rings. The number of hydrogen-bond acceptors (Lipinski definition) is 5. The van der Waals surface area contributed by atoms with E-state index in [9.17, 15) is 9.59 Å². The summed E-state index contributed by atoms with van der Waals surface area (Å²) in [5.74, 6) is 1.51. The molecule has 6 heteroatoms. The van der Waals surface area contributed by atoms with Gasteiger partial charge in [0.1, 0.15) is 0 Å². The molecule has 1 amide bonds. The van der Waals surface area contributed by atoms with E-state index in [1.165, 1.54) is 0 Å². The minimum Gasteiger partial charge on any atom is -0.493 e. The summed E-state index contributed by atoms with van der Waals surface area (Å²) in [6, 6.07) is 5.64. The van der Waals surface area contributed by atoms with Gasteiger partial charge in [-0.1, -0.05) is 18.2 Å².